The van der Waals surface area contributed by atoms with Crippen molar-refractivity contribution in [2.45, 2.75) is 19.1 Å². The van der Waals surface area contributed by atoms with Gasteiger partial charge in [-0.15, -0.1) is 0 Å². The van der Waals surface area contributed by atoms with Gasteiger partial charge in [0.1, 0.15) is 0 Å². The number of urea groups is 1. The number of aliphatic hydroxyl groups excluding tert-OH is 1. The lowest BCUT2D eigenvalue weighted by Gasteiger charge is -2.16. The molecule has 1 aliphatic rings. The predicted molar refractivity (Wildman–Crippen MR) is 67.8 cm³/mol. The number of aromatic carboxylic acids is 1. The number of aliphatic hydroxyl groups is 1. The van der Waals surface area contributed by atoms with E-state index in [1.807, 2.05) is 0 Å². The maximum atomic E-state index is 11.7. The van der Waals surface area contributed by atoms with Gasteiger partial charge in [0, 0.05) is 19.6 Å². The number of carbonyl (C=O) groups is 2. The summed E-state index contributed by atoms with van der Waals surface area (Å²) < 4.78 is 0. The van der Waals surface area contributed by atoms with Crippen LogP contribution in [0.4, 0.5) is 4.79 Å². The Labute approximate surface area is 110 Å². The molecule has 1 aliphatic heterocycles. The van der Waals surface area contributed by atoms with E-state index in [1.165, 1.54) is 12.1 Å². The zero-order valence-corrected chi connectivity index (χ0v) is 10.4. The minimum atomic E-state index is -0.971. The molecule has 1 aromatic carbocycles. The minimum Gasteiger partial charge on any atom is -0.478 e. The average molecular weight is 264 g/mol. The molecule has 0 radical (unpaired) electrons. The Hall–Kier alpha value is -2.08. The molecule has 2 rings (SSSR count). The Morgan fingerprint density at radius 1 is 1.32 bits per heavy atom. The van der Waals surface area contributed by atoms with Crippen LogP contribution in [-0.2, 0) is 6.54 Å². The van der Waals surface area contributed by atoms with Gasteiger partial charge in [-0.25, -0.2) is 9.59 Å². The van der Waals surface area contributed by atoms with E-state index >= 15 is 0 Å². The summed E-state index contributed by atoms with van der Waals surface area (Å²) >= 11 is 0. The van der Waals surface area contributed by atoms with Gasteiger partial charge < -0.3 is 20.4 Å². The van der Waals surface area contributed by atoms with Crippen molar-refractivity contribution in [3.8, 4) is 0 Å². The van der Waals surface area contributed by atoms with Gasteiger partial charge in [0.25, 0.3) is 0 Å². The van der Waals surface area contributed by atoms with Crippen molar-refractivity contribution in [1.82, 2.24) is 10.2 Å². The number of hydrogen-bond acceptors (Lipinski definition) is 3. The fourth-order valence-electron chi connectivity index (χ4n) is 1.98. The van der Waals surface area contributed by atoms with Crippen LogP contribution in [0.1, 0.15) is 22.3 Å². The Morgan fingerprint density at radius 2 is 2.00 bits per heavy atom. The smallest absolute Gasteiger partial charge is 0.335 e. The molecule has 0 saturated carbocycles. The number of nitrogens with zero attached hydrogens (tertiary/aromatic N) is 1. The second kappa shape index (κ2) is 5.71. The van der Waals surface area contributed by atoms with E-state index in [-0.39, 0.29) is 11.6 Å². The van der Waals surface area contributed by atoms with Crippen LogP contribution in [0.3, 0.4) is 0 Å². The normalized spacial score (nSPS) is 18.4. The number of likely N-dealkylation sites (tertiary alicyclic amines) is 1. The highest BCUT2D eigenvalue weighted by molar-refractivity contribution is 5.87. The molecule has 1 atom stereocenters. The third kappa shape index (κ3) is 3.45. The first-order chi connectivity index (χ1) is 9.06. The number of benzene rings is 1. The van der Waals surface area contributed by atoms with Crippen molar-refractivity contribution >= 4 is 12.0 Å². The molecular formula is C13H16N2O4. The highest BCUT2D eigenvalue weighted by Crippen LogP contribution is 2.09. The highest BCUT2D eigenvalue weighted by atomic mass is 16.4. The Bertz CT molecular complexity index is 472. The van der Waals surface area contributed by atoms with Crippen LogP contribution in [0.25, 0.3) is 0 Å². The molecule has 102 valence electrons. The molecule has 3 N–H and O–H groups in total. The van der Waals surface area contributed by atoms with E-state index in [9.17, 15) is 14.7 Å². The summed E-state index contributed by atoms with van der Waals surface area (Å²) in [6, 6.07) is 6.14. The first kappa shape index (κ1) is 13.4. The van der Waals surface area contributed by atoms with Gasteiger partial charge in [-0.2, -0.15) is 0 Å². The van der Waals surface area contributed by atoms with Crippen molar-refractivity contribution in [2.75, 3.05) is 13.1 Å². The fourth-order valence-corrected chi connectivity index (χ4v) is 1.98. The van der Waals surface area contributed by atoms with Gasteiger partial charge >= 0.3 is 12.0 Å². The maximum Gasteiger partial charge on any atom is 0.335 e. The van der Waals surface area contributed by atoms with Crippen LogP contribution in [0, 0.1) is 0 Å². The van der Waals surface area contributed by atoms with Crippen LogP contribution in [0.5, 0.6) is 0 Å². The van der Waals surface area contributed by atoms with E-state index < -0.39 is 12.1 Å². The summed E-state index contributed by atoms with van der Waals surface area (Å²) in [4.78, 5) is 24.0. The summed E-state index contributed by atoms with van der Waals surface area (Å²) in [7, 11) is 0. The lowest BCUT2D eigenvalue weighted by atomic mass is 10.1. The molecule has 0 aliphatic carbocycles. The third-order valence-electron chi connectivity index (χ3n) is 3.10. The standard InChI is InChI=1S/C13H16N2O4/c16-11-5-6-15(8-11)13(19)14-7-9-1-3-10(4-2-9)12(17)18/h1-4,11,16H,5-8H2,(H,14,19)(H,17,18). The monoisotopic (exact) mass is 264 g/mol. The number of carboxylic acids is 1. The van der Waals surface area contributed by atoms with Crippen LogP contribution >= 0.6 is 0 Å². The first-order valence-electron chi connectivity index (χ1n) is 6.09. The fraction of sp³-hybridized carbons (Fsp3) is 0.385. The van der Waals surface area contributed by atoms with Gasteiger partial charge in [-0.1, -0.05) is 12.1 Å². The second-order valence-corrected chi connectivity index (χ2v) is 4.55. The molecule has 1 unspecified atom stereocenters. The molecule has 19 heavy (non-hydrogen) atoms. The number of rotatable bonds is 3. The summed E-state index contributed by atoms with van der Waals surface area (Å²) in [5.41, 5.74) is 1.05. The molecule has 1 fully saturated rings. The van der Waals surface area contributed by atoms with E-state index in [0.29, 0.717) is 26.1 Å². The van der Waals surface area contributed by atoms with Crippen molar-refractivity contribution in [1.29, 1.82) is 0 Å². The van der Waals surface area contributed by atoms with Gasteiger partial charge in [0.05, 0.1) is 11.7 Å². The quantitative estimate of drug-likeness (QED) is 0.748. The van der Waals surface area contributed by atoms with Crippen molar-refractivity contribution < 1.29 is 19.8 Å². The molecule has 0 bridgehead atoms. The van der Waals surface area contributed by atoms with Crippen molar-refractivity contribution in [2.24, 2.45) is 0 Å². The third-order valence-corrected chi connectivity index (χ3v) is 3.10. The summed E-state index contributed by atoms with van der Waals surface area (Å²) in [6.07, 6.45) is 0.182. The van der Waals surface area contributed by atoms with Crippen molar-refractivity contribution in [3.05, 3.63) is 35.4 Å². The van der Waals surface area contributed by atoms with E-state index in [1.54, 1.807) is 17.0 Å². The Morgan fingerprint density at radius 3 is 2.53 bits per heavy atom. The largest absolute Gasteiger partial charge is 0.478 e. The topological polar surface area (TPSA) is 89.9 Å². The van der Waals surface area contributed by atoms with E-state index in [4.69, 9.17) is 5.11 Å². The molecule has 6 heteroatoms. The number of hydrogen-bond donors (Lipinski definition) is 3. The van der Waals surface area contributed by atoms with Gasteiger partial charge in [-0.05, 0) is 24.1 Å². The van der Waals surface area contributed by atoms with Crippen LogP contribution in [0.15, 0.2) is 24.3 Å². The van der Waals surface area contributed by atoms with Crippen LogP contribution in [0.2, 0.25) is 0 Å². The van der Waals surface area contributed by atoms with Crippen LogP contribution in [-0.4, -0.2) is 46.3 Å². The summed E-state index contributed by atoms with van der Waals surface area (Å²) in [6.45, 7) is 1.26. The number of carbonyl (C=O) groups excluding carboxylic acids is 1. The molecule has 0 spiro atoms. The summed E-state index contributed by atoms with van der Waals surface area (Å²) in [5, 5.41) is 20.8. The first-order valence-corrected chi connectivity index (χ1v) is 6.09. The molecule has 1 heterocycles. The Balaban J connectivity index is 1.85. The summed E-state index contributed by atoms with van der Waals surface area (Å²) in [5.74, 6) is -0.971. The second-order valence-electron chi connectivity index (χ2n) is 4.55. The van der Waals surface area contributed by atoms with Gasteiger partial charge in [-0.3, -0.25) is 0 Å². The van der Waals surface area contributed by atoms with Crippen molar-refractivity contribution in [3.63, 3.8) is 0 Å². The number of nitrogens with one attached hydrogen (secondary N) is 1. The molecule has 0 aromatic heterocycles. The predicted octanol–water partition coefficient (Wildman–Crippen LogP) is 0.661. The lowest BCUT2D eigenvalue weighted by Crippen LogP contribution is -2.38. The van der Waals surface area contributed by atoms with Crippen LogP contribution < -0.4 is 5.32 Å². The SMILES string of the molecule is O=C(O)c1ccc(CNC(=O)N2CCC(O)C2)cc1. The van der Waals surface area contributed by atoms with Gasteiger partial charge in [0.15, 0.2) is 0 Å². The zero-order chi connectivity index (χ0) is 13.8. The molecular weight excluding hydrogens is 248 g/mol. The van der Waals surface area contributed by atoms with E-state index in [2.05, 4.69) is 5.32 Å². The number of β-amino-alcohol motifs (C(OH)–C–C–N with tert-alkyl or cyclic N) is 1. The lowest BCUT2D eigenvalue weighted by molar-refractivity contribution is 0.0697. The average Bonchev–Trinajstić information content (AvgIpc) is 2.83. The minimum absolute atomic E-state index is 0.209. The van der Waals surface area contributed by atoms with E-state index in [0.717, 1.165) is 5.56 Å². The molecule has 1 saturated heterocycles. The maximum absolute atomic E-state index is 11.7. The Kier molecular flexibility index (Phi) is 4.01. The molecule has 1 aromatic rings. The number of amides is 2. The highest BCUT2D eigenvalue weighted by Gasteiger charge is 2.23. The molecule has 6 nitrogen and oxygen atoms in total. The molecule has 2 amide bonds. The zero-order valence-electron chi connectivity index (χ0n) is 10.4. The number of carboxylic acid groups (broad SMARTS) is 1. The van der Waals surface area contributed by atoms with Gasteiger partial charge in [0.2, 0.25) is 0 Å².